The number of aromatic nitrogens is 1. The van der Waals surface area contributed by atoms with Gasteiger partial charge in [0.25, 0.3) is 5.91 Å². The quantitative estimate of drug-likeness (QED) is 0.719. The van der Waals surface area contributed by atoms with E-state index in [0.29, 0.717) is 23.7 Å². The van der Waals surface area contributed by atoms with Gasteiger partial charge >= 0.3 is 4.87 Å². The fraction of sp³-hybridized carbons (Fsp3) is 0.263. The van der Waals surface area contributed by atoms with E-state index >= 15 is 0 Å². The van der Waals surface area contributed by atoms with E-state index in [1.165, 1.54) is 11.3 Å². The molecule has 6 nitrogen and oxygen atoms in total. The van der Waals surface area contributed by atoms with Crippen LogP contribution in [0.25, 0.3) is 10.2 Å². The lowest BCUT2D eigenvalue weighted by Gasteiger charge is -2.15. The molecule has 0 aliphatic carbocycles. The van der Waals surface area contributed by atoms with Gasteiger partial charge in [-0.3, -0.25) is 14.2 Å². The molecule has 1 amide bonds. The maximum Gasteiger partial charge on any atom is 0.308 e. The molecule has 26 heavy (non-hydrogen) atoms. The Hall–Kier alpha value is -2.80. The number of fused-ring (bicyclic) bond motifs is 1. The van der Waals surface area contributed by atoms with Gasteiger partial charge in [-0.15, -0.1) is 0 Å². The number of amides is 1. The van der Waals surface area contributed by atoms with Gasteiger partial charge in [0.05, 0.1) is 17.3 Å². The van der Waals surface area contributed by atoms with Gasteiger partial charge in [-0.25, -0.2) is 0 Å². The molecule has 3 aromatic rings. The second kappa shape index (κ2) is 7.61. The summed E-state index contributed by atoms with van der Waals surface area (Å²) in [5.74, 6) is 0.950. The lowest BCUT2D eigenvalue weighted by atomic mass is 10.2. The van der Waals surface area contributed by atoms with Gasteiger partial charge in [0, 0.05) is 18.3 Å². The number of nitrogens with one attached hydrogen (secondary N) is 1. The Labute approximate surface area is 155 Å². The molecule has 7 heteroatoms. The van der Waals surface area contributed by atoms with Gasteiger partial charge in [0.1, 0.15) is 11.5 Å². The van der Waals surface area contributed by atoms with E-state index < -0.39 is 6.10 Å². The third kappa shape index (κ3) is 3.72. The van der Waals surface area contributed by atoms with Crippen molar-refractivity contribution in [2.75, 3.05) is 12.4 Å². The summed E-state index contributed by atoms with van der Waals surface area (Å²) in [5, 5.41) is 2.83. The molecule has 0 spiro atoms. The molecule has 0 bridgehead atoms. The average molecular weight is 372 g/mol. The van der Waals surface area contributed by atoms with Crippen LogP contribution in [-0.2, 0) is 11.3 Å². The van der Waals surface area contributed by atoms with Crippen molar-refractivity contribution in [3.63, 3.8) is 0 Å². The van der Waals surface area contributed by atoms with E-state index in [1.807, 2.05) is 19.1 Å². The normalized spacial score (nSPS) is 12.0. The predicted octanol–water partition coefficient (Wildman–Crippen LogP) is 3.50. The molecule has 0 fully saturated rings. The summed E-state index contributed by atoms with van der Waals surface area (Å²) in [7, 11) is 1.57. The zero-order valence-corrected chi connectivity index (χ0v) is 15.6. The number of anilines is 1. The SMILES string of the molecule is CCn1c(=O)sc2cc(NC(=O)[C@H](C)Oc3cccc(OC)c3)ccc21. The van der Waals surface area contributed by atoms with Crippen LogP contribution >= 0.6 is 11.3 Å². The van der Waals surface area contributed by atoms with Crippen LogP contribution in [0.15, 0.2) is 47.3 Å². The first-order valence-electron chi connectivity index (χ1n) is 8.26. The number of carbonyl (C=O) groups is 1. The number of ether oxygens (including phenoxy) is 2. The van der Waals surface area contributed by atoms with Crippen molar-refractivity contribution in [1.29, 1.82) is 0 Å². The van der Waals surface area contributed by atoms with Crippen LogP contribution in [0, 0.1) is 0 Å². The summed E-state index contributed by atoms with van der Waals surface area (Å²) in [6.07, 6.45) is -0.684. The highest BCUT2D eigenvalue weighted by Crippen LogP contribution is 2.23. The van der Waals surface area contributed by atoms with E-state index in [0.717, 1.165) is 10.2 Å². The van der Waals surface area contributed by atoms with Crippen molar-refractivity contribution in [2.45, 2.75) is 26.5 Å². The van der Waals surface area contributed by atoms with Crippen molar-refractivity contribution < 1.29 is 14.3 Å². The monoisotopic (exact) mass is 372 g/mol. The molecule has 1 heterocycles. The minimum Gasteiger partial charge on any atom is -0.497 e. The van der Waals surface area contributed by atoms with E-state index in [2.05, 4.69) is 5.32 Å². The van der Waals surface area contributed by atoms with E-state index in [4.69, 9.17) is 9.47 Å². The summed E-state index contributed by atoms with van der Waals surface area (Å²) in [4.78, 5) is 24.3. The second-order valence-corrected chi connectivity index (χ2v) is 6.72. The fourth-order valence-corrected chi connectivity index (χ4v) is 3.61. The molecular weight excluding hydrogens is 352 g/mol. The molecule has 0 saturated heterocycles. The first kappa shape index (κ1) is 18.0. The number of aryl methyl sites for hydroxylation is 1. The summed E-state index contributed by atoms with van der Waals surface area (Å²) in [6, 6.07) is 12.5. The van der Waals surface area contributed by atoms with Gasteiger partial charge in [-0.2, -0.15) is 0 Å². The van der Waals surface area contributed by atoms with Crippen LogP contribution in [-0.4, -0.2) is 23.7 Å². The minimum absolute atomic E-state index is 0.000651. The highest BCUT2D eigenvalue weighted by molar-refractivity contribution is 7.16. The van der Waals surface area contributed by atoms with Gasteiger partial charge in [-0.05, 0) is 44.2 Å². The molecule has 1 atom stereocenters. The van der Waals surface area contributed by atoms with Crippen LogP contribution in [0.1, 0.15) is 13.8 Å². The average Bonchev–Trinajstić information content (AvgIpc) is 2.95. The van der Waals surface area contributed by atoms with E-state index in [-0.39, 0.29) is 10.8 Å². The van der Waals surface area contributed by atoms with Gasteiger partial charge in [0.15, 0.2) is 6.10 Å². The van der Waals surface area contributed by atoms with Gasteiger partial charge in [0.2, 0.25) is 0 Å². The molecule has 0 aliphatic heterocycles. The third-order valence-corrected chi connectivity index (χ3v) is 4.92. The van der Waals surface area contributed by atoms with E-state index in [9.17, 15) is 9.59 Å². The molecular formula is C19H20N2O4S. The first-order valence-corrected chi connectivity index (χ1v) is 9.08. The standard InChI is InChI=1S/C19H20N2O4S/c1-4-21-16-9-8-13(10-17(16)26-19(21)23)20-18(22)12(2)25-15-7-5-6-14(11-15)24-3/h5-12H,4H2,1-3H3,(H,20,22)/t12-/m0/s1. The zero-order chi connectivity index (χ0) is 18.7. The molecule has 0 unspecified atom stereocenters. The third-order valence-electron chi connectivity index (χ3n) is 3.98. The maximum absolute atomic E-state index is 12.4. The number of nitrogens with zero attached hydrogens (tertiary/aromatic N) is 1. The maximum atomic E-state index is 12.4. The Balaban J connectivity index is 1.72. The Bertz CT molecular complexity index is 993. The Morgan fingerprint density at radius 2 is 2.00 bits per heavy atom. The molecule has 136 valence electrons. The van der Waals surface area contributed by atoms with Crippen molar-refractivity contribution in [3.8, 4) is 11.5 Å². The van der Waals surface area contributed by atoms with Crippen LogP contribution in [0.5, 0.6) is 11.5 Å². The summed E-state index contributed by atoms with van der Waals surface area (Å²) in [6.45, 7) is 4.23. The lowest BCUT2D eigenvalue weighted by molar-refractivity contribution is -0.122. The van der Waals surface area contributed by atoms with Crippen LogP contribution in [0.2, 0.25) is 0 Å². The summed E-state index contributed by atoms with van der Waals surface area (Å²) < 4.78 is 13.4. The number of rotatable bonds is 6. The number of hydrogen-bond acceptors (Lipinski definition) is 5. The van der Waals surface area contributed by atoms with Crippen molar-refractivity contribution in [1.82, 2.24) is 4.57 Å². The fourth-order valence-electron chi connectivity index (χ4n) is 2.62. The highest BCUT2D eigenvalue weighted by Gasteiger charge is 2.16. The van der Waals surface area contributed by atoms with Crippen molar-refractivity contribution in [2.24, 2.45) is 0 Å². The summed E-state index contributed by atoms with van der Waals surface area (Å²) >= 11 is 1.17. The number of methoxy groups -OCH3 is 1. The molecule has 0 saturated carbocycles. The molecule has 3 rings (SSSR count). The highest BCUT2D eigenvalue weighted by atomic mass is 32.1. The Morgan fingerprint density at radius 3 is 2.73 bits per heavy atom. The Kier molecular flexibility index (Phi) is 5.27. The van der Waals surface area contributed by atoms with Crippen molar-refractivity contribution >= 4 is 33.1 Å². The molecule has 1 aromatic heterocycles. The minimum atomic E-state index is -0.684. The Morgan fingerprint density at radius 1 is 1.23 bits per heavy atom. The van der Waals surface area contributed by atoms with Crippen LogP contribution in [0.3, 0.4) is 0 Å². The van der Waals surface area contributed by atoms with Gasteiger partial charge in [-0.1, -0.05) is 17.4 Å². The molecule has 1 N–H and O–H groups in total. The number of thiazole rings is 1. The smallest absolute Gasteiger partial charge is 0.308 e. The molecule has 0 aliphatic rings. The predicted molar refractivity (Wildman–Crippen MR) is 103 cm³/mol. The van der Waals surface area contributed by atoms with Crippen molar-refractivity contribution in [3.05, 3.63) is 52.1 Å². The number of benzene rings is 2. The van der Waals surface area contributed by atoms with Gasteiger partial charge < -0.3 is 14.8 Å². The van der Waals surface area contributed by atoms with Crippen LogP contribution < -0.4 is 19.7 Å². The topological polar surface area (TPSA) is 69.6 Å². The zero-order valence-electron chi connectivity index (χ0n) is 14.8. The molecule has 2 aromatic carbocycles. The summed E-state index contributed by atoms with van der Waals surface area (Å²) in [5.41, 5.74) is 1.51. The number of hydrogen-bond donors (Lipinski definition) is 1. The first-order chi connectivity index (χ1) is 12.5. The largest absolute Gasteiger partial charge is 0.497 e. The molecule has 0 radical (unpaired) electrons. The van der Waals surface area contributed by atoms with E-state index in [1.54, 1.807) is 48.9 Å². The lowest BCUT2D eigenvalue weighted by Crippen LogP contribution is -2.30. The van der Waals surface area contributed by atoms with Crippen LogP contribution in [0.4, 0.5) is 5.69 Å². The second-order valence-electron chi connectivity index (χ2n) is 5.72. The number of carbonyl (C=O) groups excluding carboxylic acids is 1.